The van der Waals surface area contributed by atoms with Gasteiger partial charge in [0.1, 0.15) is 0 Å². The van der Waals surface area contributed by atoms with Gasteiger partial charge in [-0.2, -0.15) is 5.11 Å². The second-order valence-electron chi connectivity index (χ2n) is 8.33. The van der Waals surface area contributed by atoms with Gasteiger partial charge in [-0.05, 0) is 46.8 Å². The minimum Gasteiger partial charge on any atom is -0.151 e. The number of benzene rings is 5. The van der Waals surface area contributed by atoms with E-state index in [0.29, 0.717) is 0 Å². The molecule has 0 amide bonds. The van der Waals surface area contributed by atoms with E-state index in [9.17, 15) is 0 Å². The standard InChI is InChI=1S/C33H27N2P/c1-6-16-28(17-7-1)33(35-34-29-18-8-2-9-19-29)26-27-36(30-20-10-3-11-21-30,31-22-12-4-13-23-31)32-24-14-5-15-25-32/h1-27H. The molecule has 0 aliphatic heterocycles. The number of rotatable bonds is 7. The summed E-state index contributed by atoms with van der Waals surface area (Å²) in [5, 5.41) is 13.2. The van der Waals surface area contributed by atoms with Gasteiger partial charge >= 0.3 is 0 Å². The Morgan fingerprint density at radius 1 is 0.472 bits per heavy atom. The molecule has 0 saturated carbocycles. The largest absolute Gasteiger partial charge is 0.151 e. The van der Waals surface area contributed by atoms with E-state index in [0.717, 1.165) is 16.9 Å². The van der Waals surface area contributed by atoms with E-state index in [4.69, 9.17) is 5.11 Å². The third-order valence-electron chi connectivity index (χ3n) is 6.05. The lowest BCUT2D eigenvalue weighted by atomic mass is 10.1. The molecule has 2 nitrogen and oxygen atoms in total. The average Bonchev–Trinajstić information content (AvgIpc) is 2.97. The van der Waals surface area contributed by atoms with Gasteiger partial charge in [0.05, 0.1) is 11.4 Å². The maximum Gasteiger partial charge on any atom is 0.0929 e. The minimum absolute atomic E-state index is 0.826. The van der Waals surface area contributed by atoms with Crippen LogP contribution in [-0.4, -0.2) is 5.80 Å². The summed E-state index contributed by atoms with van der Waals surface area (Å²) in [4.78, 5) is 0. The molecule has 0 radical (unpaired) electrons. The number of nitrogens with zero attached hydrogens (tertiary/aromatic N) is 2. The molecular formula is C33H27N2P. The Labute approximate surface area is 213 Å². The number of hydrogen-bond acceptors (Lipinski definition) is 2. The molecule has 0 aliphatic rings. The molecule has 0 N–H and O–H groups in total. The summed E-state index contributed by atoms with van der Waals surface area (Å²) in [6.45, 7) is -2.13. The third kappa shape index (κ3) is 5.20. The van der Waals surface area contributed by atoms with E-state index >= 15 is 0 Å². The van der Waals surface area contributed by atoms with Gasteiger partial charge in [0.15, 0.2) is 0 Å². The van der Waals surface area contributed by atoms with Crippen molar-refractivity contribution >= 4 is 40.0 Å². The average molecular weight is 483 g/mol. The quantitative estimate of drug-likeness (QED) is 0.168. The maximum absolute atomic E-state index is 4.72. The van der Waals surface area contributed by atoms with Crippen molar-refractivity contribution in [2.45, 2.75) is 0 Å². The van der Waals surface area contributed by atoms with Crippen LogP contribution in [0.4, 0.5) is 5.69 Å². The van der Waals surface area contributed by atoms with E-state index in [1.165, 1.54) is 15.9 Å². The van der Waals surface area contributed by atoms with Gasteiger partial charge < -0.3 is 0 Å². The number of hydrogen-bond donors (Lipinski definition) is 0. The molecule has 5 rings (SSSR count). The first kappa shape index (κ1) is 23.5. The molecule has 3 heteroatoms. The highest BCUT2D eigenvalue weighted by Gasteiger charge is 2.24. The normalized spacial score (nSPS) is 11.9. The molecule has 0 fully saturated rings. The molecule has 0 heterocycles. The van der Waals surface area contributed by atoms with Crippen molar-refractivity contribution in [3.63, 3.8) is 0 Å². The van der Waals surface area contributed by atoms with Crippen LogP contribution in [0.25, 0.3) is 5.70 Å². The van der Waals surface area contributed by atoms with Crippen LogP contribution in [0.1, 0.15) is 5.56 Å². The van der Waals surface area contributed by atoms with E-state index < -0.39 is 6.89 Å². The van der Waals surface area contributed by atoms with Crippen molar-refractivity contribution < 1.29 is 0 Å². The van der Waals surface area contributed by atoms with Gasteiger partial charge in [0.25, 0.3) is 0 Å². The Morgan fingerprint density at radius 2 is 0.861 bits per heavy atom. The predicted molar refractivity (Wildman–Crippen MR) is 157 cm³/mol. The Balaban J connectivity index is 1.78. The van der Waals surface area contributed by atoms with E-state index in [-0.39, 0.29) is 0 Å². The van der Waals surface area contributed by atoms with Crippen molar-refractivity contribution in [3.05, 3.63) is 163 Å². The highest BCUT2D eigenvalue weighted by Crippen LogP contribution is 2.44. The maximum atomic E-state index is 4.72. The Kier molecular flexibility index (Phi) is 7.46. The number of azo groups is 1. The SMILES string of the molecule is C(C=P(c1ccccc1)(c1ccccc1)c1ccccc1)=C(N=Nc1ccccc1)c1ccccc1. The molecular weight excluding hydrogens is 455 g/mol. The fourth-order valence-electron chi connectivity index (χ4n) is 4.28. The van der Waals surface area contributed by atoms with Crippen molar-refractivity contribution in [2.75, 3.05) is 0 Å². The monoisotopic (exact) mass is 482 g/mol. The Morgan fingerprint density at radius 3 is 1.31 bits per heavy atom. The third-order valence-corrected chi connectivity index (χ3v) is 9.98. The summed E-state index contributed by atoms with van der Waals surface area (Å²) in [6, 6.07) is 52.6. The van der Waals surface area contributed by atoms with Crippen molar-refractivity contribution in [1.82, 2.24) is 0 Å². The predicted octanol–water partition coefficient (Wildman–Crippen LogP) is 7.61. The molecule has 5 aromatic rings. The second kappa shape index (κ2) is 11.4. The molecule has 0 spiro atoms. The molecule has 0 unspecified atom stereocenters. The van der Waals surface area contributed by atoms with Crippen molar-refractivity contribution in [1.29, 1.82) is 0 Å². The number of allylic oxidation sites excluding steroid dienone is 1. The van der Waals surface area contributed by atoms with E-state index in [1.54, 1.807) is 0 Å². The van der Waals surface area contributed by atoms with E-state index in [2.05, 4.69) is 120 Å². The molecule has 36 heavy (non-hydrogen) atoms. The van der Waals surface area contributed by atoms with Gasteiger partial charge in [-0.15, -0.1) is 5.11 Å². The minimum atomic E-state index is -2.13. The van der Waals surface area contributed by atoms with Gasteiger partial charge in [-0.1, -0.05) is 140 Å². The Hall–Kier alpha value is -4.26. The Bertz CT molecular complexity index is 1390. The topological polar surface area (TPSA) is 24.7 Å². The molecule has 0 aromatic heterocycles. The van der Waals surface area contributed by atoms with Gasteiger partial charge in [0, 0.05) is 5.56 Å². The molecule has 174 valence electrons. The highest BCUT2D eigenvalue weighted by molar-refractivity contribution is 7.94. The van der Waals surface area contributed by atoms with Crippen LogP contribution in [0.5, 0.6) is 0 Å². The summed E-state index contributed by atoms with van der Waals surface area (Å²) in [7, 11) is 0. The zero-order chi connectivity index (χ0) is 24.5. The second-order valence-corrected chi connectivity index (χ2v) is 11.6. The fourth-order valence-corrected chi connectivity index (χ4v) is 7.98. The lowest BCUT2D eigenvalue weighted by molar-refractivity contribution is 1.24. The zero-order valence-corrected chi connectivity index (χ0v) is 20.8. The lowest BCUT2D eigenvalue weighted by Gasteiger charge is -2.28. The van der Waals surface area contributed by atoms with Crippen LogP contribution < -0.4 is 15.9 Å². The van der Waals surface area contributed by atoms with Crippen LogP contribution >= 0.6 is 6.89 Å². The summed E-state index contributed by atoms with van der Waals surface area (Å²) in [5.74, 6) is 2.37. The highest BCUT2D eigenvalue weighted by atomic mass is 31.2. The zero-order valence-electron chi connectivity index (χ0n) is 19.9. The van der Waals surface area contributed by atoms with Crippen LogP contribution in [0.2, 0.25) is 0 Å². The van der Waals surface area contributed by atoms with Crippen molar-refractivity contribution in [3.8, 4) is 0 Å². The summed E-state index contributed by atoms with van der Waals surface area (Å²) in [5.41, 5.74) is 2.68. The van der Waals surface area contributed by atoms with E-state index in [1.807, 2.05) is 48.5 Å². The van der Waals surface area contributed by atoms with Crippen LogP contribution in [0, 0.1) is 0 Å². The summed E-state index contributed by atoms with van der Waals surface area (Å²) < 4.78 is 0. The van der Waals surface area contributed by atoms with Crippen molar-refractivity contribution in [2.24, 2.45) is 10.2 Å². The first-order chi connectivity index (χ1) is 17.9. The van der Waals surface area contributed by atoms with Crippen LogP contribution in [0.15, 0.2) is 168 Å². The molecule has 0 atom stereocenters. The summed E-state index contributed by atoms with van der Waals surface area (Å²) in [6.07, 6.45) is 2.16. The lowest BCUT2D eigenvalue weighted by Crippen LogP contribution is -2.26. The molecule has 0 bridgehead atoms. The molecule has 0 saturated heterocycles. The van der Waals surface area contributed by atoms with Gasteiger partial charge in [-0.25, -0.2) is 0 Å². The fraction of sp³-hybridized carbons (Fsp3) is 0. The van der Waals surface area contributed by atoms with Gasteiger partial charge in [-0.3, -0.25) is 0 Å². The van der Waals surface area contributed by atoms with Gasteiger partial charge in [0.2, 0.25) is 0 Å². The van der Waals surface area contributed by atoms with Crippen LogP contribution in [0.3, 0.4) is 0 Å². The smallest absolute Gasteiger partial charge is 0.0929 e. The first-order valence-electron chi connectivity index (χ1n) is 12.0. The molecule has 5 aromatic carbocycles. The first-order valence-corrected chi connectivity index (χ1v) is 13.9. The molecule has 0 aliphatic carbocycles. The van der Waals surface area contributed by atoms with Crippen LogP contribution in [-0.2, 0) is 0 Å². The summed E-state index contributed by atoms with van der Waals surface area (Å²) >= 11 is 0.